The van der Waals surface area contributed by atoms with Crippen LogP contribution in [0.4, 0.5) is 13.6 Å². The lowest BCUT2D eigenvalue weighted by molar-refractivity contribution is -0.0456. The van der Waals surface area contributed by atoms with Gasteiger partial charge < -0.3 is 10.1 Å². The normalized spacial score (nSPS) is 17.5. The van der Waals surface area contributed by atoms with Crippen molar-refractivity contribution in [2.45, 2.75) is 45.3 Å². The molecule has 6 heteroatoms. The molecule has 1 aliphatic heterocycles. The van der Waals surface area contributed by atoms with Gasteiger partial charge in [-0.25, -0.2) is 13.6 Å². The van der Waals surface area contributed by atoms with Crippen LogP contribution >= 0.6 is 0 Å². The molecule has 1 rings (SSSR count). The molecule has 0 saturated carbocycles. The summed E-state index contributed by atoms with van der Waals surface area (Å²) in [4.78, 5) is 12.9. The number of nitrogens with one attached hydrogen (secondary N) is 1. The Bertz CT molecular complexity index is 280. The van der Waals surface area contributed by atoms with Crippen LogP contribution in [0.15, 0.2) is 0 Å². The van der Waals surface area contributed by atoms with Gasteiger partial charge in [0.15, 0.2) is 0 Å². The van der Waals surface area contributed by atoms with Gasteiger partial charge in [0, 0.05) is 20.0 Å². The minimum Gasteiger partial charge on any atom is -0.444 e. The second-order valence-electron chi connectivity index (χ2n) is 5.49. The number of carbonyl (C=O) groups excluding carboxylic acids is 1. The Hall–Kier alpha value is -0.910. The largest absolute Gasteiger partial charge is 0.444 e. The summed E-state index contributed by atoms with van der Waals surface area (Å²) in [6, 6.07) is -0.198. The van der Waals surface area contributed by atoms with Crippen LogP contribution in [0.2, 0.25) is 0 Å². The highest BCUT2D eigenvalue weighted by molar-refractivity contribution is 5.69. The molecule has 0 aromatic carbocycles. The smallest absolute Gasteiger partial charge is 0.410 e. The topological polar surface area (TPSA) is 41.6 Å². The van der Waals surface area contributed by atoms with Gasteiger partial charge >= 0.3 is 6.09 Å². The molecule has 0 unspecified atom stereocenters. The number of hydrogen-bond donors (Lipinski definition) is 1. The van der Waals surface area contributed by atoms with Crippen molar-refractivity contribution in [1.82, 2.24) is 10.2 Å². The monoisotopic (exact) mass is 250 g/mol. The number of nitrogens with zero attached hydrogens (tertiary/aromatic N) is 1. The van der Waals surface area contributed by atoms with Crippen molar-refractivity contribution < 1.29 is 18.3 Å². The van der Waals surface area contributed by atoms with Crippen molar-refractivity contribution in [3.05, 3.63) is 0 Å². The van der Waals surface area contributed by atoms with Gasteiger partial charge in [-0.05, 0) is 20.8 Å². The molecule has 0 radical (unpaired) electrons. The quantitative estimate of drug-likeness (QED) is 0.831. The Labute approximate surface area is 100 Å². The number of rotatable bonds is 3. The van der Waals surface area contributed by atoms with Crippen LogP contribution in [0.5, 0.6) is 0 Å². The van der Waals surface area contributed by atoms with Gasteiger partial charge in [-0.3, -0.25) is 4.90 Å². The predicted molar refractivity (Wildman–Crippen MR) is 60.2 cm³/mol. The average molecular weight is 250 g/mol. The van der Waals surface area contributed by atoms with Crippen molar-refractivity contribution in [2.75, 3.05) is 19.6 Å². The Morgan fingerprint density at radius 2 is 1.88 bits per heavy atom. The van der Waals surface area contributed by atoms with Crippen LogP contribution in [0, 0.1) is 0 Å². The number of ether oxygens (including phenoxy) is 1. The molecule has 1 aliphatic rings. The second kappa shape index (κ2) is 4.76. The molecule has 1 heterocycles. The van der Waals surface area contributed by atoms with Gasteiger partial charge in [0.1, 0.15) is 5.60 Å². The van der Waals surface area contributed by atoms with Crippen LogP contribution in [0.25, 0.3) is 0 Å². The molecule has 100 valence electrons. The molecule has 1 saturated heterocycles. The summed E-state index contributed by atoms with van der Waals surface area (Å²) in [6.07, 6.45) is -0.675. The van der Waals surface area contributed by atoms with E-state index in [1.54, 1.807) is 20.8 Å². The first-order chi connectivity index (χ1) is 7.58. The van der Waals surface area contributed by atoms with Crippen LogP contribution in [0.1, 0.15) is 27.7 Å². The fourth-order valence-corrected chi connectivity index (χ4v) is 1.46. The summed E-state index contributed by atoms with van der Waals surface area (Å²) in [5.74, 6) is -2.91. The Morgan fingerprint density at radius 1 is 1.35 bits per heavy atom. The van der Waals surface area contributed by atoms with Gasteiger partial charge in [-0.2, -0.15) is 0 Å². The van der Waals surface area contributed by atoms with Crippen molar-refractivity contribution in [3.8, 4) is 0 Å². The van der Waals surface area contributed by atoms with E-state index >= 15 is 0 Å². The third-order valence-corrected chi connectivity index (χ3v) is 2.28. The first kappa shape index (κ1) is 14.2. The fraction of sp³-hybridized carbons (Fsp3) is 0.909. The summed E-state index contributed by atoms with van der Waals surface area (Å²) in [6.45, 7) is 6.42. The van der Waals surface area contributed by atoms with Crippen molar-refractivity contribution in [2.24, 2.45) is 0 Å². The first-order valence-electron chi connectivity index (χ1n) is 5.67. The van der Waals surface area contributed by atoms with Crippen molar-refractivity contribution in [3.63, 3.8) is 0 Å². The zero-order valence-electron chi connectivity index (χ0n) is 10.7. The zero-order valence-corrected chi connectivity index (χ0v) is 10.7. The van der Waals surface area contributed by atoms with Gasteiger partial charge in [0.2, 0.25) is 0 Å². The molecule has 0 bridgehead atoms. The Balaban J connectivity index is 2.65. The lowest BCUT2D eigenvalue weighted by Gasteiger charge is -2.39. The molecule has 0 spiro atoms. The number of alkyl halides is 2. The van der Waals surface area contributed by atoms with E-state index in [1.807, 2.05) is 0 Å². The first-order valence-corrected chi connectivity index (χ1v) is 5.67. The maximum absolute atomic E-state index is 13.0. The number of carbonyl (C=O) groups is 1. The third kappa shape index (κ3) is 4.85. The average Bonchev–Trinajstić information content (AvgIpc) is 1.93. The highest BCUT2D eigenvalue weighted by Crippen LogP contribution is 2.20. The van der Waals surface area contributed by atoms with Gasteiger partial charge in [-0.15, -0.1) is 0 Å². The standard InChI is InChI=1S/C11H20F2N2O2/c1-10(2,3)17-9(16)15(7-11(4,12)13)8-5-14-6-8/h8,14H,5-7H2,1-4H3. The summed E-state index contributed by atoms with van der Waals surface area (Å²) in [5.41, 5.74) is -0.671. The van der Waals surface area contributed by atoms with Gasteiger partial charge in [0.25, 0.3) is 5.92 Å². The van der Waals surface area contributed by atoms with E-state index in [1.165, 1.54) is 0 Å². The van der Waals surface area contributed by atoms with E-state index in [4.69, 9.17) is 4.74 Å². The lowest BCUT2D eigenvalue weighted by Crippen LogP contribution is -2.61. The third-order valence-electron chi connectivity index (χ3n) is 2.28. The maximum Gasteiger partial charge on any atom is 0.410 e. The molecule has 0 atom stereocenters. The molecule has 1 amide bonds. The molecule has 4 nitrogen and oxygen atoms in total. The molecular formula is C11H20F2N2O2. The molecule has 0 aliphatic carbocycles. The minimum absolute atomic E-state index is 0.198. The Kier molecular flexibility index (Phi) is 3.96. The molecule has 1 fully saturated rings. The van der Waals surface area contributed by atoms with E-state index in [-0.39, 0.29) is 6.04 Å². The van der Waals surface area contributed by atoms with Gasteiger partial charge in [0.05, 0.1) is 12.6 Å². The molecule has 1 N–H and O–H groups in total. The van der Waals surface area contributed by atoms with E-state index in [0.717, 1.165) is 11.8 Å². The van der Waals surface area contributed by atoms with Gasteiger partial charge in [-0.1, -0.05) is 0 Å². The number of amides is 1. The van der Waals surface area contributed by atoms with Crippen LogP contribution in [-0.4, -0.2) is 48.2 Å². The molecule has 0 aromatic rings. The molecule has 17 heavy (non-hydrogen) atoms. The Morgan fingerprint density at radius 3 is 2.18 bits per heavy atom. The summed E-state index contributed by atoms with van der Waals surface area (Å²) >= 11 is 0. The molecular weight excluding hydrogens is 230 g/mol. The van der Waals surface area contributed by atoms with Crippen LogP contribution < -0.4 is 5.32 Å². The van der Waals surface area contributed by atoms with Crippen LogP contribution in [-0.2, 0) is 4.74 Å². The zero-order chi connectivity index (χ0) is 13.3. The van der Waals surface area contributed by atoms with E-state index in [2.05, 4.69) is 5.32 Å². The van der Waals surface area contributed by atoms with Crippen LogP contribution in [0.3, 0.4) is 0 Å². The molecule has 0 aromatic heterocycles. The fourth-order valence-electron chi connectivity index (χ4n) is 1.46. The van der Waals surface area contributed by atoms with E-state index in [0.29, 0.717) is 13.1 Å². The summed E-state index contributed by atoms with van der Waals surface area (Å²) in [7, 11) is 0. The highest BCUT2D eigenvalue weighted by atomic mass is 19.3. The SMILES string of the molecule is CC(F)(F)CN(C(=O)OC(C)(C)C)C1CNC1. The predicted octanol–water partition coefficient (Wildman–Crippen LogP) is 1.85. The maximum atomic E-state index is 13.0. The van der Waals surface area contributed by atoms with E-state index < -0.39 is 24.2 Å². The number of hydrogen-bond acceptors (Lipinski definition) is 3. The lowest BCUT2D eigenvalue weighted by atomic mass is 10.1. The summed E-state index contributed by atoms with van der Waals surface area (Å²) in [5, 5.41) is 2.95. The van der Waals surface area contributed by atoms with Crippen molar-refractivity contribution >= 4 is 6.09 Å². The number of halogens is 2. The second-order valence-corrected chi connectivity index (χ2v) is 5.49. The highest BCUT2D eigenvalue weighted by Gasteiger charge is 2.37. The van der Waals surface area contributed by atoms with E-state index in [9.17, 15) is 13.6 Å². The minimum atomic E-state index is -2.91. The van der Waals surface area contributed by atoms with Crippen molar-refractivity contribution in [1.29, 1.82) is 0 Å². The summed E-state index contributed by atoms with van der Waals surface area (Å²) < 4.78 is 31.2.